The Kier molecular flexibility index (Phi) is 7.36. The van der Waals surface area contributed by atoms with Gasteiger partial charge in [-0.15, -0.1) is 11.3 Å². The molecule has 190 valence electrons. The fourth-order valence-electron chi connectivity index (χ4n) is 5.30. The number of hydrogen-bond donors (Lipinski definition) is 1. The molecule has 1 aromatic carbocycles. The lowest BCUT2D eigenvalue weighted by Crippen LogP contribution is -2.51. The first-order valence-corrected chi connectivity index (χ1v) is 13.6. The van der Waals surface area contributed by atoms with E-state index in [2.05, 4.69) is 16.4 Å². The highest BCUT2D eigenvalue weighted by atomic mass is 32.1. The number of benzene rings is 1. The molecule has 2 amide bonds. The number of carbonyl (C=O) groups excluding carboxylic acids is 2. The van der Waals surface area contributed by atoms with E-state index in [0.717, 1.165) is 37.9 Å². The van der Waals surface area contributed by atoms with Crippen molar-refractivity contribution in [1.29, 1.82) is 0 Å². The molecule has 4 heterocycles. The van der Waals surface area contributed by atoms with Crippen molar-refractivity contribution in [2.75, 3.05) is 26.2 Å². The molecule has 0 radical (unpaired) electrons. The van der Waals surface area contributed by atoms with Crippen LogP contribution < -0.4 is 15.6 Å². The number of aryl methyl sites for hydroxylation is 1. The number of carbonyl (C=O) groups is 2. The third-order valence-electron chi connectivity index (χ3n) is 7.50. The van der Waals surface area contributed by atoms with Gasteiger partial charge in [-0.25, -0.2) is 4.98 Å². The van der Waals surface area contributed by atoms with Gasteiger partial charge in [-0.3, -0.25) is 19.0 Å². The van der Waals surface area contributed by atoms with Gasteiger partial charge in [0.2, 0.25) is 11.8 Å². The Morgan fingerprint density at radius 2 is 1.92 bits per heavy atom. The Hall–Kier alpha value is -3.20. The normalized spacial score (nSPS) is 18.9. The number of rotatable bonds is 2. The van der Waals surface area contributed by atoms with Crippen LogP contribution >= 0.6 is 11.3 Å². The minimum Gasteiger partial charge on any atom is -0.493 e. The van der Waals surface area contributed by atoms with E-state index in [1.165, 1.54) is 27.8 Å². The number of thiophene rings is 1. The number of nitrogens with one attached hydrogen (secondary N) is 1. The van der Waals surface area contributed by atoms with Crippen molar-refractivity contribution < 1.29 is 14.3 Å². The summed E-state index contributed by atoms with van der Waals surface area (Å²) in [6, 6.07) is 9.92. The number of fused-ring (bicyclic) bond motifs is 2. The molecule has 1 fully saturated rings. The number of nitrogens with zero attached hydrogens (tertiary/aromatic N) is 3. The molecule has 2 aromatic heterocycles. The van der Waals surface area contributed by atoms with E-state index in [0.29, 0.717) is 49.3 Å². The van der Waals surface area contributed by atoms with Crippen molar-refractivity contribution >= 4 is 33.4 Å². The molecule has 2 aliphatic rings. The van der Waals surface area contributed by atoms with Crippen LogP contribution in [0.3, 0.4) is 0 Å². The summed E-state index contributed by atoms with van der Waals surface area (Å²) in [6.45, 7) is 2.14. The van der Waals surface area contributed by atoms with E-state index >= 15 is 0 Å². The number of hydrogen-bond acceptors (Lipinski definition) is 6. The van der Waals surface area contributed by atoms with E-state index in [-0.39, 0.29) is 23.9 Å². The summed E-state index contributed by atoms with van der Waals surface area (Å²) in [5, 5.41) is 5.51. The highest BCUT2D eigenvalue weighted by molar-refractivity contribution is 7.16. The number of ether oxygens (including phenoxy) is 1. The molecule has 5 rings (SSSR count). The zero-order valence-corrected chi connectivity index (χ0v) is 21.2. The number of aromatic nitrogens is 2. The molecule has 1 spiro atoms. The smallest absolute Gasteiger partial charge is 0.262 e. The molecule has 0 atom stereocenters. The summed E-state index contributed by atoms with van der Waals surface area (Å²) in [6.07, 6.45) is 7.13. The Labute approximate surface area is 214 Å². The van der Waals surface area contributed by atoms with Crippen LogP contribution in [-0.2, 0) is 22.6 Å². The molecule has 0 unspecified atom stereocenters. The van der Waals surface area contributed by atoms with E-state index in [1.54, 1.807) is 11.0 Å². The molecule has 36 heavy (non-hydrogen) atoms. The van der Waals surface area contributed by atoms with Gasteiger partial charge in [-0.05, 0) is 61.6 Å². The van der Waals surface area contributed by atoms with Crippen LogP contribution in [0.2, 0.25) is 0 Å². The first-order valence-electron chi connectivity index (χ1n) is 12.8. The topological polar surface area (TPSA) is 93.5 Å². The van der Waals surface area contributed by atoms with Crippen LogP contribution in [0.15, 0.2) is 46.8 Å². The molecule has 0 saturated carbocycles. The van der Waals surface area contributed by atoms with Crippen molar-refractivity contribution in [2.45, 2.75) is 51.5 Å². The Morgan fingerprint density at radius 1 is 1.08 bits per heavy atom. The lowest BCUT2D eigenvalue weighted by Gasteiger charge is -2.41. The number of para-hydroxylation sites is 1. The van der Waals surface area contributed by atoms with Gasteiger partial charge in [0, 0.05) is 19.6 Å². The Morgan fingerprint density at radius 3 is 2.78 bits per heavy atom. The van der Waals surface area contributed by atoms with Crippen molar-refractivity contribution in [3.05, 3.63) is 58.0 Å². The van der Waals surface area contributed by atoms with Crippen molar-refractivity contribution in [1.82, 2.24) is 19.8 Å². The van der Waals surface area contributed by atoms with Crippen molar-refractivity contribution in [3.8, 4) is 5.75 Å². The van der Waals surface area contributed by atoms with Crippen LogP contribution in [0.5, 0.6) is 5.75 Å². The average Bonchev–Trinajstić information content (AvgIpc) is 3.38. The first-order chi connectivity index (χ1) is 17.6. The van der Waals surface area contributed by atoms with E-state index in [4.69, 9.17) is 4.74 Å². The molecular weight excluding hydrogens is 476 g/mol. The summed E-state index contributed by atoms with van der Waals surface area (Å²) in [4.78, 5) is 45.8. The van der Waals surface area contributed by atoms with Crippen LogP contribution in [0.25, 0.3) is 10.2 Å². The number of amides is 2. The first kappa shape index (κ1) is 24.5. The lowest BCUT2D eigenvalue weighted by molar-refractivity contribution is -0.141. The summed E-state index contributed by atoms with van der Waals surface area (Å²) >= 11 is 1.41. The largest absolute Gasteiger partial charge is 0.493 e. The standard InChI is InChI=1S/C27H32N4O4S/c32-23(18-31-19-29-24-21(25(31)33)9-17-36-24)30-14-11-27(12-15-30)10-4-3-7-20-6-1-2-8-22(20)35-16-5-13-28-26(27)34/h1-2,6,8-9,17,19H,3-5,7,10-16,18H2,(H,28,34). The molecule has 2 aliphatic heterocycles. The van der Waals surface area contributed by atoms with Crippen molar-refractivity contribution in [3.63, 3.8) is 0 Å². The summed E-state index contributed by atoms with van der Waals surface area (Å²) in [7, 11) is 0. The van der Waals surface area contributed by atoms with Crippen LogP contribution in [0.1, 0.15) is 44.1 Å². The van der Waals surface area contributed by atoms with Gasteiger partial charge in [0.25, 0.3) is 5.56 Å². The number of likely N-dealkylation sites (tertiary alicyclic amines) is 1. The second kappa shape index (κ2) is 10.8. The maximum Gasteiger partial charge on any atom is 0.262 e. The minimum atomic E-state index is -0.459. The fourth-order valence-corrected chi connectivity index (χ4v) is 6.02. The quantitative estimate of drug-likeness (QED) is 0.573. The van der Waals surface area contributed by atoms with E-state index in [1.807, 2.05) is 23.6 Å². The maximum atomic E-state index is 13.3. The van der Waals surface area contributed by atoms with E-state index in [9.17, 15) is 14.4 Å². The monoisotopic (exact) mass is 508 g/mol. The summed E-state index contributed by atoms with van der Waals surface area (Å²) in [5.74, 6) is 0.925. The zero-order valence-electron chi connectivity index (χ0n) is 20.4. The van der Waals surface area contributed by atoms with Gasteiger partial charge < -0.3 is 15.0 Å². The van der Waals surface area contributed by atoms with Gasteiger partial charge in [0.05, 0.1) is 23.7 Å². The zero-order chi connectivity index (χ0) is 25.0. The van der Waals surface area contributed by atoms with Crippen LogP contribution in [-0.4, -0.2) is 52.5 Å². The Balaban J connectivity index is 1.23. The predicted molar refractivity (Wildman–Crippen MR) is 139 cm³/mol. The van der Waals surface area contributed by atoms with Gasteiger partial charge in [0.1, 0.15) is 17.1 Å². The minimum absolute atomic E-state index is 0.0315. The lowest BCUT2D eigenvalue weighted by atomic mass is 9.73. The predicted octanol–water partition coefficient (Wildman–Crippen LogP) is 3.38. The molecule has 1 saturated heterocycles. The molecule has 8 nitrogen and oxygen atoms in total. The molecular formula is C27H32N4O4S. The van der Waals surface area contributed by atoms with Gasteiger partial charge in [0.15, 0.2) is 0 Å². The summed E-state index contributed by atoms with van der Waals surface area (Å²) < 4.78 is 7.35. The third-order valence-corrected chi connectivity index (χ3v) is 8.32. The number of piperidine rings is 1. The second-order valence-corrected chi connectivity index (χ2v) is 10.6. The van der Waals surface area contributed by atoms with Crippen LogP contribution in [0, 0.1) is 5.41 Å². The molecule has 0 aliphatic carbocycles. The van der Waals surface area contributed by atoms with Gasteiger partial charge in [-0.1, -0.05) is 24.6 Å². The maximum absolute atomic E-state index is 13.3. The highest BCUT2D eigenvalue weighted by Gasteiger charge is 2.41. The van der Waals surface area contributed by atoms with Gasteiger partial charge >= 0.3 is 0 Å². The van der Waals surface area contributed by atoms with Crippen LogP contribution in [0.4, 0.5) is 0 Å². The second-order valence-electron chi connectivity index (χ2n) is 9.75. The molecule has 0 bridgehead atoms. The third kappa shape index (κ3) is 5.16. The highest BCUT2D eigenvalue weighted by Crippen LogP contribution is 2.37. The molecule has 3 aromatic rings. The Bertz CT molecular complexity index is 1290. The van der Waals surface area contributed by atoms with Gasteiger partial charge in [-0.2, -0.15) is 0 Å². The van der Waals surface area contributed by atoms with Crippen molar-refractivity contribution in [2.24, 2.45) is 5.41 Å². The van der Waals surface area contributed by atoms with E-state index < -0.39 is 5.41 Å². The average molecular weight is 509 g/mol. The molecule has 1 N–H and O–H groups in total. The summed E-state index contributed by atoms with van der Waals surface area (Å²) in [5.41, 5.74) is 0.568. The SMILES string of the molecule is O=C(Cn1cnc2sccc2c1=O)N1CCC2(CCCCc3ccccc3OCCCNC2=O)CC1. The molecule has 9 heteroatoms. The fraction of sp³-hybridized carbons (Fsp3) is 0.481.